The second kappa shape index (κ2) is 6.74. The fraction of sp³-hybridized carbons (Fsp3) is 0.368. The standard InChI is InChI=1S/C19H21N5O2/c1-13-6-5-7-15-16(13)17(22-21-15)18(26)24-11-14(12-25)10-20-19(24)23-8-3-2-4-9-23/h5-7,10,12H,2-4,8-9,11H2,1H3,(H,21,22). The Bertz CT molecular complexity index is 921. The summed E-state index contributed by atoms with van der Waals surface area (Å²) in [5.74, 6) is 0.382. The minimum atomic E-state index is -0.234. The molecule has 0 unspecified atom stereocenters. The molecule has 1 N–H and O–H groups in total. The maximum absolute atomic E-state index is 13.3. The summed E-state index contributed by atoms with van der Waals surface area (Å²) in [6, 6.07) is 5.79. The average molecular weight is 351 g/mol. The quantitative estimate of drug-likeness (QED) is 0.842. The van der Waals surface area contributed by atoms with E-state index in [9.17, 15) is 9.59 Å². The van der Waals surface area contributed by atoms with Crippen molar-refractivity contribution in [1.29, 1.82) is 0 Å². The molecule has 134 valence electrons. The zero-order chi connectivity index (χ0) is 18.1. The number of carbonyl (C=O) groups is 2. The van der Waals surface area contributed by atoms with Gasteiger partial charge < -0.3 is 4.90 Å². The van der Waals surface area contributed by atoms with E-state index < -0.39 is 0 Å². The van der Waals surface area contributed by atoms with Gasteiger partial charge in [-0.05, 0) is 37.8 Å². The fourth-order valence-corrected chi connectivity index (χ4v) is 3.61. The van der Waals surface area contributed by atoms with E-state index in [2.05, 4.69) is 20.1 Å². The Morgan fingerprint density at radius 3 is 2.81 bits per heavy atom. The van der Waals surface area contributed by atoms with Crippen LogP contribution in [-0.4, -0.2) is 57.8 Å². The van der Waals surface area contributed by atoms with Crippen molar-refractivity contribution < 1.29 is 9.59 Å². The predicted octanol–water partition coefficient (Wildman–Crippen LogP) is 2.25. The molecule has 2 aromatic rings. The first-order valence-corrected chi connectivity index (χ1v) is 8.91. The van der Waals surface area contributed by atoms with Crippen LogP contribution in [0.1, 0.15) is 35.3 Å². The maximum Gasteiger partial charge on any atom is 0.282 e. The summed E-state index contributed by atoms with van der Waals surface area (Å²) < 4.78 is 0. The van der Waals surface area contributed by atoms with Gasteiger partial charge in [-0.1, -0.05) is 12.1 Å². The number of aromatic amines is 1. The third kappa shape index (κ3) is 2.79. The summed E-state index contributed by atoms with van der Waals surface area (Å²) in [5, 5.41) is 8.01. The smallest absolute Gasteiger partial charge is 0.282 e. The van der Waals surface area contributed by atoms with Gasteiger partial charge in [0.15, 0.2) is 5.69 Å². The average Bonchev–Trinajstić information content (AvgIpc) is 3.13. The van der Waals surface area contributed by atoms with Crippen LogP contribution >= 0.6 is 0 Å². The van der Waals surface area contributed by atoms with Crippen LogP contribution in [0.15, 0.2) is 35.0 Å². The molecule has 1 amide bonds. The first-order chi connectivity index (χ1) is 12.7. The molecule has 1 fully saturated rings. The highest BCUT2D eigenvalue weighted by atomic mass is 16.2. The van der Waals surface area contributed by atoms with Crippen molar-refractivity contribution in [3.05, 3.63) is 41.2 Å². The lowest BCUT2D eigenvalue weighted by atomic mass is 10.1. The molecule has 4 rings (SSSR count). The van der Waals surface area contributed by atoms with Crippen LogP contribution in [0.2, 0.25) is 0 Å². The number of benzene rings is 1. The largest absolute Gasteiger partial charge is 0.342 e. The van der Waals surface area contributed by atoms with E-state index in [1.54, 1.807) is 11.1 Å². The van der Waals surface area contributed by atoms with Gasteiger partial charge in [0.25, 0.3) is 5.91 Å². The van der Waals surface area contributed by atoms with Crippen LogP contribution in [-0.2, 0) is 4.79 Å². The predicted molar refractivity (Wildman–Crippen MR) is 98.9 cm³/mol. The SMILES string of the molecule is Cc1cccc2[nH]nc(C(=O)N3CC(C=O)=CN=C3N3CCCCC3)c12. The third-order valence-corrected chi connectivity index (χ3v) is 4.96. The van der Waals surface area contributed by atoms with E-state index in [1.807, 2.05) is 25.1 Å². The maximum atomic E-state index is 13.3. The summed E-state index contributed by atoms with van der Waals surface area (Å²) >= 11 is 0. The molecule has 3 heterocycles. The third-order valence-electron chi connectivity index (χ3n) is 4.96. The monoisotopic (exact) mass is 351 g/mol. The number of aryl methyl sites for hydroxylation is 1. The van der Waals surface area contributed by atoms with Gasteiger partial charge in [-0.15, -0.1) is 0 Å². The van der Waals surface area contributed by atoms with E-state index in [4.69, 9.17) is 0 Å². The van der Waals surface area contributed by atoms with Gasteiger partial charge in [-0.3, -0.25) is 19.6 Å². The lowest BCUT2D eigenvalue weighted by Gasteiger charge is -2.36. The summed E-state index contributed by atoms with van der Waals surface area (Å²) in [7, 11) is 0. The molecule has 7 heteroatoms. The van der Waals surface area contributed by atoms with Crippen LogP contribution < -0.4 is 0 Å². The molecular weight excluding hydrogens is 330 g/mol. The van der Waals surface area contributed by atoms with E-state index in [0.717, 1.165) is 48.7 Å². The van der Waals surface area contributed by atoms with Gasteiger partial charge >= 0.3 is 0 Å². The molecule has 0 aliphatic carbocycles. The van der Waals surface area contributed by atoms with Gasteiger partial charge in [-0.25, -0.2) is 4.99 Å². The summed E-state index contributed by atoms with van der Waals surface area (Å²) in [6.07, 6.45) is 5.67. The topological polar surface area (TPSA) is 81.7 Å². The number of fused-ring (bicyclic) bond motifs is 1. The molecule has 0 atom stereocenters. The Hall–Kier alpha value is -2.96. The number of aliphatic imine (C=N–C) groups is 1. The molecule has 0 saturated carbocycles. The summed E-state index contributed by atoms with van der Waals surface area (Å²) in [5.41, 5.74) is 2.66. The lowest BCUT2D eigenvalue weighted by molar-refractivity contribution is -0.105. The van der Waals surface area contributed by atoms with Crippen molar-refractivity contribution in [3.8, 4) is 0 Å². The molecular formula is C19H21N5O2. The van der Waals surface area contributed by atoms with Gasteiger partial charge in [0.2, 0.25) is 5.96 Å². The molecule has 1 aromatic carbocycles. The van der Waals surface area contributed by atoms with E-state index in [1.165, 1.54) is 6.42 Å². The number of piperidine rings is 1. The van der Waals surface area contributed by atoms with Crippen molar-refractivity contribution in [2.24, 2.45) is 4.99 Å². The Kier molecular flexibility index (Phi) is 4.28. The molecule has 0 spiro atoms. The van der Waals surface area contributed by atoms with Crippen molar-refractivity contribution >= 4 is 29.1 Å². The normalized spacial score (nSPS) is 17.9. The first kappa shape index (κ1) is 16.5. The molecule has 0 radical (unpaired) electrons. The highest BCUT2D eigenvalue weighted by molar-refractivity contribution is 6.12. The van der Waals surface area contributed by atoms with Crippen LogP contribution in [0.4, 0.5) is 0 Å². The van der Waals surface area contributed by atoms with Gasteiger partial charge in [0, 0.05) is 30.2 Å². The van der Waals surface area contributed by atoms with E-state index >= 15 is 0 Å². The molecule has 1 saturated heterocycles. The molecule has 0 bridgehead atoms. The van der Waals surface area contributed by atoms with Crippen LogP contribution in [0, 0.1) is 6.92 Å². The van der Waals surface area contributed by atoms with E-state index in [0.29, 0.717) is 17.2 Å². The highest BCUT2D eigenvalue weighted by Gasteiger charge is 2.31. The van der Waals surface area contributed by atoms with Crippen molar-refractivity contribution in [2.45, 2.75) is 26.2 Å². The number of carbonyl (C=O) groups excluding carboxylic acids is 2. The second-order valence-corrected chi connectivity index (χ2v) is 6.76. The molecule has 2 aliphatic heterocycles. The number of nitrogens with zero attached hydrogens (tertiary/aromatic N) is 4. The Morgan fingerprint density at radius 1 is 1.23 bits per heavy atom. The number of nitrogens with one attached hydrogen (secondary N) is 1. The number of guanidine groups is 1. The van der Waals surface area contributed by atoms with Crippen LogP contribution in [0.3, 0.4) is 0 Å². The molecule has 2 aliphatic rings. The number of aldehydes is 1. The zero-order valence-corrected chi connectivity index (χ0v) is 14.7. The van der Waals surface area contributed by atoms with Crippen molar-refractivity contribution in [2.75, 3.05) is 19.6 Å². The molecule has 1 aromatic heterocycles. The lowest BCUT2D eigenvalue weighted by Crippen LogP contribution is -2.51. The number of rotatable bonds is 2. The van der Waals surface area contributed by atoms with Gasteiger partial charge in [0.05, 0.1) is 12.1 Å². The Balaban J connectivity index is 1.73. The Labute approximate surface area is 151 Å². The minimum absolute atomic E-state index is 0.220. The Morgan fingerprint density at radius 2 is 2.04 bits per heavy atom. The van der Waals surface area contributed by atoms with E-state index in [-0.39, 0.29) is 12.5 Å². The van der Waals surface area contributed by atoms with Crippen molar-refractivity contribution in [1.82, 2.24) is 20.0 Å². The minimum Gasteiger partial charge on any atom is -0.342 e. The molecule has 7 nitrogen and oxygen atoms in total. The fourth-order valence-electron chi connectivity index (χ4n) is 3.61. The van der Waals surface area contributed by atoms with Gasteiger partial charge in [-0.2, -0.15) is 5.10 Å². The number of hydrogen-bond acceptors (Lipinski definition) is 5. The summed E-state index contributed by atoms with van der Waals surface area (Å²) in [6.45, 7) is 3.92. The highest BCUT2D eigenvalue weighted by Crippen LogP contribution is 2.23. The molecule has 26 heavy (non-hydrogen) atoms. The van der Waals surface area contributed by atoms with Crippen LogP contribution in [0.5, 0.6) is 0 Å². The second-order valence-electron chi connectivity index (χ2n) is 6.76. The van der Waals surface area contributed by atoms with Crippen molar-refractivity contribution in [3.63, 3.8) is 0 Å². The van der Waals surface area contributed by atoms with Gasteiger partial charge in [0.1, 0.15) is 6.29 Å². The summed E-state index contributed by atoms with van der Waals surface area (Å²) in [4.78, 5) is 32.7. The number of H-pyrrole nitrogens is 1. The number of hydrogen-bond donors (Lipinski definition) is 1. The first-order valence-electron chi connectivity index (χ1n) is 8.91. The number of likely N-dealkylation sites (tertiary alicyclic amines) is 1. The number of aromatic nitrogens is 2. The number of amides is 1. The van der Waals surface area contributed by atoms with Crippen LogP contribution in [0.25, 0.3) is 10.9 Å². The zero-order valence-electron chi connectivity index (χ0n) is 14.7.